The van der Waals surface area contributed by atoms with Crippen molar-refractivity contribution >= 4 is 63.6 Å². The molecule has 0 fully saturated rings. The van der Waals surface area contributed by atoms with Gasteiger partial charge in [0.2, 0.25) is 0 Å². The zero-order valence-electron chi connectivity index (χ0n) is 13.2. The normalized spacial score (nSPS) is 10.7. The number of oxazole rings is 1. The van der Waals surface area contributed by atoms with Crippen LogP contribution in [0.15, 0.2) is 52.1 Å². The van der Waals surface area contributed by atoms with Crippen molar-refractivity contribution in [2.24, 2.45) is 0 Å². The summed E-state index contributed by atoms with van der Waals surface area (Å²) in [6, 6.07) is 11.9. The Labute approximate surface area is 162 Å². The van der Waals surface area contributed by atoms with Gasteiger partial charge in [0.15, 0.2) is 12.2 Å². The number of hydrogen-bond acceptors (Lipinski definition) is 6. The van der Waals surface area contributed by atoms with E-state index in [9.17, 15) is 9.59 Å². The molecule has 1 aromatic heterocycles. The number of thioether (sulfide) groups is 1. The topological polar surface area (TPSA) is 81.4 Å². The maximum Gasteiger partial charge on any atom is 0.316 e. The molecule has 1 N–H and O–H groups in total. The summed E-state index contributed by atoms with van der Waals surface area (Å²) >= 11 is 12.8. The average Bonchev–Trinajstić information content (AvgIpc) is 3.04. The molecule has 0 atom stereocenters. The van der Waals surface area contributed by atoms with E-state index in [0.717, 1.165) is 11.8 Å². The Kier molecular flexibility index (Phi) is 6.03. The van der Waals surface area contributed by atoms with Crippen LogP contribution in [-0.2, 0) is 14.3 Å². The van der Waals surface area contributed by atoms with Crippen LogP contribution in [0, 0.1) is 0 Å². The SMILES string of the molecule is O=C(COC(=O)CSc1nc2ccccc2o1)Nc1ccc(Cl)c(Cl)c1. The molecule has 0 aliphatic heterocycles. The number of fused-ring (bicyclic) bond motifs is 1. The summed E-state index contributed by atoms with van der Waals surface area (Å²) in [6.45, 7) is -0.410. The molecule has 3 rings (SSSR count). The molecule has 9 heteroatoms. The third-order valence-corrected chi connectivity index (χ3v) is 4.70. The molecule has 134 valence electrons. The van der Waals surface area contributed by atoms with E-state index >= 15 is 0 Å². The number of benzene rings is 2. The minimum Gasteiger partial charge on any atom is -0.455 e. The summed E-state index contributed by atoms with van der Waals surface area (Å²) in [6.07, 6.45) is 0. The van der Waals surface area contributed by atoms with Crippen LogP contribution >= 0.6 is 35.0 Å². The number of nitrogens with one attached hydrogen (secondary N) is 1. The summed E-state index contributed by atoms with van der Waals surface area (Å²) in [5.41, 5.74) is 1.81. The number of hydrogen-bond donors (Lipinski definition) is 1. The zero-order chi connectivity index (χ0) is 18.5. The molecule has 0 bridgehead atoms. The molecule has 26 heavy (non-hydrogen) atoms. The van der Waals surface area contributed by atoms with E-state index in [2.05, 4.69) is 10.3 Å². The molecule has 0 unspecified atom stereocenters. The van der Waals surface area contributed by atoms with E-state index in [1.165, 1.54) is 6.07 Å². The van der Waals surface area contributed by atoms with Crippen LogP contribution in [0.4, 0.5) is 5.69 Å². The quantitative estimate of drug-likeness (QED) is 0.478. The molecule has 1 amide bonds. The van der Waals surface area contributed by atoms with Gasteiger partial charge < -0.3 is 14.5 Å². The first kappa shape index (κ1) is 18.6. The van der Waals surface area contributed by atoms with Gasteiger partial charge in [-0.3, -0.25) is 9.59 Å². The molecule has 0 saturated heterocycles. The number of amides is 1. The minimum atomic E-state index is -0.554. The van der Waals surface area contributed by atoms with Gasteiger partial charge in [-0.15, -0.1) is 0 Å². The minimum absolute atomic E-state index is 0.0210. The Hall–Kier alpha value is -2.22. The lowest BCUT2D eigenvalue weighted by Gasteiger charge is -2.07. The Balaban J connectivity index is 1.44. The zero-order valence-corrected chi connectivity index (χ0v) is 15.5. The van der Waals surface area contributed by atoms with E-state index in [0.29, 0.717) is 32.1 Å². The van der Waals surface area contributed by atoms with Crippen LogP contribution in [-0.4, -0.2) is 29.2 Å². The first-order valence-electron chi connectivity index (χ1n) is 7.40. The number of anilines is 1. The first-order valence-corrected chi connectivity index (χ1v) is 9.14. The average molecular weight is 411 g/mol. The summed E-state index contributed by atoms with van der Waals surface area (Å²) in [5, 5.41) is 3.62. The molecule has 0 spiro atoms. The number of esters is 1. The summed E-state index contributed by atoms with van der Waals surface area (Å²) < 4.78 is 10.4. The number of carbonyl (C=O) groups is 2. The molecular weight excluding hydrogens is 399 g/mol. The van der Waals surface area contributed by atoms with Crippen LogP contribution in [0.5, 0.6) is 0 Å². The number of carbonyl (C=O) groups excluding carboxylic acids is 2. The molecular formula is C17H12Cl2N2O4S. The Morgan fingerprint density at radius 1 is 1.15 bits per heavy atom. The van der Waals surface area contributed by atoms with Gasteiger partial charge in [-0.25, -0.2) is 4.98 Å². The van der Waals surface area contributed by atoms with E-state index in [-0.39, 0.29) is 5.75 Å². The largest absolute Gasteiger partial charge is 0.455 e. The van der Waals surface area contributed by atoms with Crippen molar-refractivity contribution in [1.82, 2.24) is 4.98 Å². The number of ether oxygens (including phenoxy) is 1. The highest BCUT2D eigenvalue weighted by molar-refractivity contribution is 7.99. The lowest BCUT2D eigenvalue weighted by molar-refractivity contribution is -0.144. The second kappa shape index (κ2) is 8.44. The molecule has 0 aliphatic rings. The van der Waals surface area contributed by atoms with Gasteiger partial charge >= 0.3 is 5.97 Å². The fourth-order valence-electron chi connectivity index (χ4n) is 1.99. The second-order valence-corrected chi connectivity index (χ2v) is 6.81. The fraction of sp³-hybridized carbons (Fsp3) is 0.118. The van der Waals surface area contributed by atoms with Crippen molar-refractivity contribution in [3.05, 3.63) is 52.5 Å². The summed E-state index contributed by atoms with van der Waals surface area (Å²) in [5.74, 6) is -1.06. The predicted molar refractivity (Wildman–Crippen MR) is 101 cm³/mol. The maximum absolute atomic E-state index is 11.8. The van der Waals surface area contributed by atoms with Crippen LogP contribution in [0.1, 0.15) is 0 Å². The lowest BCUT2D eigenvalue weighted by atomic mass is 10.3. The van der Waals surface area contributed by atoms with Gasteiger partial charge in [0.1, 0.15) is 11.3 Å². The van der Waals surface area contributed by atoms with E-state index < -0.39 is 18.5 Å². The van der Waals surface area contributed by atoms with Crippen molar-refractivity contribution in [1.29, 1.82) is 0 Å². The van der Waals surface area contributed by atoms with E-state index in [1.54, 1.807) is 18.2 Å². The number of halogens is 2. The lowest BCUT2D eigenvalue weighted by Crippen LogP contribution is -2.21. The third-order valence-electron chi connectivity index (χ3n) is 3.16. The van der Waals surface area contributed by atoms with E-state index in [4.69, 9.17) is 32.4 Å². The van der Waals surface area contributed by atoms with Crippen molar-refractivity contribution < 1.29 is 18.7 Å². The Morgan fingerprint density at radius 3 is 2.73 bits per heavy atom. The smallest absolute Gasteiger partial charge is 0.316 e. The van der Waals surface area contributed by atoms with E-state index in [1.807, 2.05) is 18.2 Å². The number of para-hydroxylation sites is 2. The summed E-state index contributed by atoms with van der Waals surface area (Å²) in [7, 11) is 0. The van der Waals surface area contributed by atoms with Crippen LogP contribution in [0.3, 0.4) is 0 Å². The third kappa shape index (κ3) is 4.91. The molecule has 0 radical (unpaired) electrons. The molecule has 6 nitrogen and oxygen atoms in total. The number of aromatic nitrogens is 1. The highest BCUT2D eigenvalue weighted by atomic mass is 35.5. The Bertz CT molecular complexity index is 928. The van der Waals surface area contributed by atoms with Crippen LogP contribution in [0.25, 0.3) is 11.1 Å². The monoisotopic (exact) mass is 410 g/mol. The Morgan fingerprint density at radius 2 is 1.96 bits per heavy atom. The van der Waals surface area contributed by atoms with Gasteiger partial charge in [0.05, 0.1) is 10.0 Å². The standard InChI is InChI=1S/C17H12Cl2N2O4S/c18-11-6-5-10(7-12(11)19)20-15(22)8-24-16(23)9-26-17-21-13-3-1-2-4-14(13)25-17/h1-7H,8-9H2,(H,20,22). The van der Waals surface area contributed by atoms with Crippen LogP contribution in [0.2, 0.25) is 10.0 Å². The maximum atomic E-state index is 11.8. The summed E-state index contributed by atoms with van der Waals surface area (Å²) in [4.78, 5) is 27.8. The molecule has 0 aliphatic carbocycles. The first-order chi connectivity index (χ1) is 12.5. The molecule has 3 aromatic rings. The van der Waals surface area contributed by atoms with Gasteiger partial charge in [0.25, 0.3) is 11.1 Å². The highest BCUT2D eigenvalue weighted by Gasteiger charge is 2.12. The van der Waals surface area contributed by atoms with Gasteiger partial charge in [-0.1, -0.05) is 47.1 Å². The predicted octanol–water partition coefficient (Wildman–Crippen LogP) is 4.41. The number of rotatable bonds is 6. The van der Waals surface area contributed by atoms with Gasteiger partial charge in [-0.2, -0.15) is 0 Å². The van der Waals surface area contributed by atoms with Gasteiger partial charge in [0, 0.05) is 5.69 Å². The fourth-order valence-corrected chi connectivity index (χ4v) is 2.93. The molecule has 2 aromatic carbocycles. The number of nitrogens with zero attached hydrogens (tertiary/aromatic N) is 1. The molecule has 0 saturated carbocycles. The van der Waals surface area contributed by atoms with Gasteiger partial charge in [-0.05, 0) is 30.3 Å². The highest BCUT2D eigenvalue weighted by Crippen LogP contribution is 2.25. The molecule has 1 heterocycles. The van der Waals surface area contributed by atoms with Crippen molar-refractivity contribution in [2.45, 2.75) is 5.22 Å². The van der Waals surface area contributed by atoms with Crippen LogP contribution < -0.4 is 5.32 Å². The van der Waals surface area contributed by atoms with Crippen molar-refractivity contribution in [3.8, 4) is 0 Å². The van der Waals surface area contributed by atoms with Crippen molar-refractivity contribution in [3.63, 3.8) is 0 Å². The van der Waals surface area contributed by atoms with Crippen molar-refractivity contribution in [2.75, 3.05) is 17.7 Å². The second-order valence-electron chi connectivity index (χ2n) is 5.07.